The zero-order valence-electron chi connectivity index (χ0n) is 11.7. The van der Waals surface area contributed by atoms with E-state index in [2.05, 4.69) is 15.6 Å². The van der Waals surface area contributed by atoms with Crippen molar-refractivity contribution in [3.8, 4) is 0 Å². The lowest BCUT2D eigenvalue weighted by atomic mass is 10.1. The largest absolute Gasteiger partial charge is 0.376 e. The van der Waals surface area contributed by atoms with Gasteiger partial charge in [0.05, 0.1) is 12.1 Å². The maximum absolute atomic E-state index is 12.3. The number of hydrogen-bond acceptors (Lipinski definition) is 4. The fourth-order valence-electron chi connectivity index (χ4n) is 2.20. The highest BCUT2D eigenvalue weighted by molar-refractivity contribution is 5.95. The van der Waals surface area contributed by atoms with E-state index in [9.17, 15) is 4.79 Å². The van der Waals surface area contributed by atoms with Crippen LogP contribution < -0.4 is 10.6 Å². The van der Waals surface area contributed by atoms with Crippen molar-refractivity contribution >= 4 is 11.7 Å². The summed E-state index contributed by atoms with van der Waals surface area (Å²) in [5, 5.41) is 6.01. The van der Waals surface area contributed by atoms with Crippen LogP contribution >= 0.6 is 0 Å². The standard InChI is InChI=1S/C14H21N3O2/c1-4-11-7-10(8-13(15-3)16-11)14(18)17-12-5-6-19-9(12)2/h7-9,12H,4-6H2,1-3H3,(H,15,16)(H,17,18). The predicted octanol–water partition coefficient (Wildman–Crippen LogP) is 1.59. The van der Waals surface area contributed by atoms with Gasteiger partial charge in [0, 0.05) is 24.9 Å². The minimum absolute atomic E-state index is 0.0593. The second-order valence-corrected chi connectivity index (χ2v) is 4.78. The van der Waals surface area contributed by atoms with Crippen LogP contribution in [0.25, 0.3) is 0 Å². The van der Waals surface area contributed by atoms with Crippen LogP contribution in [-0.2, 0) is 11.2 Å². The Kier molecular flexibility index (Phi) is 4.37. The van der Waals surface area contributed by atoms with Crippen LogP contribution in [0.4, 0.5) is 5.82 Å². The molecule has 0 bridgehead atoms. The maximum atomic E-state index is 12.3. The molecule has 0 saturated carbocycles. The summed E-state index contributed by atoms with van der Waals surface area (Å²) in [7, 11) is 1.80. The van der Waals surface area contributed by atoms with Gasteiger partial charge in [0.1, 0.15) is 5.82 Å². The summed E-state index contributed by atoms with van der Waals surface area (Å²) in [5.74, 6) is 0.663. The molecule has 1 aromatic heterocycles. The quantitative estimate of drug-likeness (QED) is 0.866. The van der Waals surface area contributed by atoms with Crippen LogP contribution in [0.15, 0.2) is 12.1 Å². The van der Waals surface area contributed by atoms with Gasteiger partial charge in [-0.3, -0.25) is 4.79 Å². The minimum atomic E-state index is -0.0593. The summed E-state index contributed by atoms with van der Waals surface area (Å²) in [6.07, 6.45) is 1.76. The molecule has 1 amide bonds. The van der Waals surface area contributed by atoms with Gasteiger partial charge < -0.3 is 15.4 Å². The lowest BCUT2D eigenvalue weighted by Gasteiger charge is -2.16. The third-order valence-electron chi connectivity index (χ3n) is 3.45. The molecule has 2 atom stereocenters. The van der Waals surface area contributed by atoms with Crippen molar-refractivity contribution in [2.75, 3.05) is 19.0 Å². The Morgan fingerprint density at radius 2 is 2.32 bits per heavy atom. The van der Waals surface area contributed by atoms with Gasteiger partial charge in [0.15, 0.2) is 0 Å². The Labute approximate surface area is 113 Å². The van der Waals surface area contributed by atoms with Gasteiger partial charge in [0.25, 0.3) is 5.91 Å². The number of carbonyl (C=O) groups excluding carboxylic acids is 1. The molecule has 5 nitrogen and oxygen atoms in total. The van der Waals surface area contributed by atoms with Gasteiger partial charge >= 0.3 is 0 Å². The number of rotatable bonds is 4. The minimum Gasteiger partial charge on any atom is -0.376 e. The number of hydrogen-bond donors (Lipinski definition) is 2. The molecule has 1 aliphatic heterocycles. The number of ether oxygens (including phenoxy) is 1. The summed E-state index contributed by atoms with van der Waals surface area (Å²) in [4.78, 5) is 16.6. The lowest BCUT2D eigenvalue weighted by molar-refractivity contribution is 0.0866. The van der Waals surface area contributed by atoms with Crippen molar-refractivity contribution in [2.45, 2.75) is 38.8 Å². The van der Waals surface area contributed by atoms with Crippen molar-refractivity contribution in [3.05, 3.63) is 23.4 Å². The van der Waals surface area contributed by atoms with Crippen LogP contribution in [-0.4, -0.2) is 36.7 Å². The Balaban J connectivity index is 2.13. The van der Waals surface area contributed by atoms with E-state index in [-0.39, 0.29) is 18.1 Å². The first-order valence-electron chi connectivity index (χ1n) is 6.75. The van der Waals surface area contributed by atoms with Crippen LogP contribution in [0, 0.1) is 0 Å². The van der Waals surface area contributed by atoms with E-state index in [0.717, 1.165) is 24.4 Å². The average Bonchev–Trinajstić information content (AvgIpc) is 2.83. The third-order valence-corrected chi connectivity index (χ3v) is 3.45. The number of aryl methyl sites for hydroxylation is 1. The molecule has 104 valence electrons. The second kappa shape index (κ2) is 6.02. The number of nitrogens with one attached hydrogen (secondary N) is 2. The first kappa shape index (κ1) is 13.8. The van der Waals surface area contributed by atoms with Gasteiger partial charge in [0.2, 0.25) is 0 Å². The SMILES string of the molecule is CCc1cc(C(=O)NC2CCOC2C)cc(NC)n1. The Morgan fingerprint density at radius 3 is 2.89 bits per heavy atom. The molecule has 0 aliphatic carbocycles. The van der Waals surface area contributed by atoms with E-state index in [0.29, 0.717) is 12.2 Å². The molecule has 2 N–H and O–H groups in total. The summed E-state index contributed by atoms with van der Waals surface area (Å²) in [6, 6.07) is 3.72. The number of carbonyl (C=O) groups is 1. The van der Waals surface area contributed by atoms with Gasteiger partial charge in [-0.25, -0.2) is 4.98 Å². The number of nitrogens with zero attached hydrogens (tertiary/aromatic N) is 1. The molecule has 1 aromatic rings. The number of pyridine rings is 1. The summed E-state index contributed by atoms with van der Waals surface area (Å²) >= 11 is 0. The Hall–Kier alpha value is -1.62. The molecule has 19 heavy (non-hydrogen) atoms. The van der Waals surface area contributed by atoms with E-state index in [1.165, 1.54) is 0 Å². The highest BCUT2D eigenvalue weighted by Gasteiger charge is 2.26. The van der Waals surface area contributed by atoms with E-state index < -0.39 is 0 Å². The van der Waals surface area contributed by atoms with E-state index in [4.69, 9.17) is 4.74 Å². The molecule has 2 unspecified atom stereocenters. The van der Waals surface area contributed by atoms with Crippen molar-refractivity contribution < 1.29 is 9.53 Å². The normalized spacial score (nSPS) is 22.3. The molecule has 5 heteroatoms. The summed E-state index contributed by atoms with van der Waals surface area (Å²) in [6.45, 7) is 4.72. The van der Waals surface area contributed by atoms with Crippen molar-refractivity contribution in [1.29, 1.82) is 0 Å². The van der Waals surface area contributed by atoms with Gasteiger partial charge in [-0.05, 0) is 31.9 Å². The van der Waals surface area contributed by atoms with Crippen LogP contribution in [0.1, 0.15) is 36.3 Å². The van der Waals surface area contributed by atoms with Crippen molar-refractivity contribution in [1.82, 2.24) is 10.3 Å². The second-order valence-electron chi connectivity index (χ2n) is 4.78. The van der Waals surface area contributed by atoms with Crippen LogP contribution in [0.5, 0.6) is 0 Å². The van der Waals surface area contributed by atoms with Crippen LogP contribution in [0.2, 0.25) is 0 Å². The topological polar surface area (TPSA) is 63.2 Å². The smallest absolute Gasteiger partial charge is 0.251 e. The van der Waals surface area contributed by atoms with Gasteiger partial charge in [-0.15, -0.1) is 0 Å². The molecule has 0 aromatic carbocycles. The molecule has 2 heterocycles. The van der Waals surface area contributed by atoms with E-state index >= 15 is 0 Å². The Morgan fingerprint density at radius 1 is 1.53 bits per heavy atom. The first-order valence-corrected chi connectivity index (χ1v) is 6.75. The lowest BCUT2D eigenvalue weighted by Crippen LogP contribution is -2.39. The highest BCUT2D eigenvalue weighted by atomic mass is 16.5. The van der Waals surface area contributed by atoms with Crippen molar-refractivity contribution in [2.24, 2.45) is 0 Å². The Bertz CT molecular complexity index is 440. The molecular formula is C14H21N3O2. The highest BCUT2D eigenvalue weighted by Crippen LogP contribution is 2.15. The first-order chi connectivity index (χ1) is 9.13. The molecule has 2 rings (SSSR count). The van der Waals surface area contributed by atoms with Gasteiger partial charge in [-0.2, -0.15) is 0 Å². The fourth-order valence-corrected chi connectivity index (χ4v) is 2.20. The molecular weight excluding hydrogens is 242 g/mol. The van der Waals surface area contributed by atoms with E-state index in [1.807, 2.05) is 19.9 Å². The molecule has 1 fully saturated rings. The number of aromatic nitrogens is 1. The van der Waals surface area contributed by atoms with E-state index in [1.54, 1.807) is 13.1 Å². The average molecular weight is 263 g/mol. The molecule has 1 saturated heterocycles. The van der Waals surface area contributed by atoms with Gasteiger partial charge in [-0.1, -0.05) is 6.92 Å². The number of anilines is 1. The zero-order valence-corrected chi connectivity index (χ0v) is 11.7. The van der Waals surface area contributed by atoms with Crippen LogP contribution in [0.3, 0.4) is 0 Å². The molecule has 1 aliphatic rings. The molecule has 0 spiro atoms. The number of amides is 1. The molecule has 0 radical (unpaired) electrons. The predicted molar refractivity (Wildman–Crippen MR) is 74.4 cm³/mol. The van der Waals surface area contributed by atoms with Crippen molar-refractivity contribution in [3.63, 3.8) is 0 Å². The summed E-state index contributed by atoms with van der Waals surface area (Å²) < 4.78 is 5.45. The summed E-state index contributed by atoms with van der Waals surface area (Å²) in [5.41, 5.74) is 1.56. The fraction of sp³-hybridized carbons (Fsp3) is 0.571. The monoisotopic (exact) mass is 263 g/mol. The third kappa shape index (κ3) is 3.23. The maximum Gasteiger partial charge on any atom is 0.251 e. The zero-order chi connectivity index (χ0) is 13.8.